The van der Waals surface area contributed by atoms with Gasteiger partial charge in [0.15, 0.2) is 0 Å². The normalized spacial score (nSPS) is 9.75. The number of nitrogens with zero attached hydrogens (tertiary/aromatic N) is 3. The van der Waals surface area contributed by atoms with Crippen LogP contribution in [0.2, 0.25) is 0 Å². The van der Waals surface area contributed by atoms with Crippen LogP contribution >= 0.6 is 0 Å². The van der Waals surface area contributed by atoms with Gasteiger partial charge in [0.1, 0.15) is 0 Å². The predicted octanol–water partition coefficient (Wildman–Crippen LogP) is -1.03. The van der Waals surface area contributed by atoms with Crippen molar-refractivity contribution in [1.82, 2.24) is 20.4 Å². The van der Waals surface area contributed by atoms with Crippen LogP contribution in [-0.2, 0) is 0 Å². The van der Waals surface area contributed by atoms with Crippen LogP contribution in [-0.4, -0.2) is 21.5 Å². The van der Waals surface area contributed by atoms with Gasteiger partial charge in [-0.1, -0.05) is 6.92 Å². The van der Waals surface area contributed by atoms with Gasteiger partial charge in [0.05, 0.1) is 0 Å². The molecule has 0 aromatic carbocycles. The summed E-state index contributed by atoms with van der Waals surface area (Å²) < 4.78 is 0. The number of nitrogens with one attached hydrogen (secondary N) is 2. The third-order valence-corrected chi connectivity index (χ3v) is 1.05. The Labute approximate surface area is 69.6 Å². The van der Waals surface area contributed by atoms with Gasteiger partial charge in [-0.3, -0.25) is 5.43 Å². The summed E-state index contributed by atoms with van der Waals surface area (Å²) >= 11 is 0. The van der Waals surface area contributed by atoms with E-state index in [9.17, 15) is 0 Å². The van der Waals surface area contributed by atoms with Crippen molar-refractivity contribution < 1.29 is 0 Å². The van der Waals surface area contributed by atoms with Gasteiger partial charge in [-0.2, -0.15) is 15.0 Å². The van der Waals surface area contributed by atoms with Crippen LogP contribution < -0.4 is 22.3 Å². The summed E-state index contributed by atoms with van der Waals surface area (Å²) in [6, 6.07) is 0. The van der Waals surface area contributed by atoms with E-state index in [1.165, 1.54) is 0 Å². The zero-order valence-corrected chi connectivity index (χ0v) is 6.70. The first kappa shape index (κ1) is 8.47. The summed E-state index contributed by atoms with van der Waals surface area (Å²) in [5, 5.41) is 0. The predicted molar refractivity (Wildman–Crippen MR) is 46.0 cm³/mol. The third-order valence-electron chi connectivity index (χ3n) is 1.05. The van der Waals surface area contributed by atoms with Gasteiger partial charge in [0.25, 0.3) is 0 Å². The lowest BCUT2D eigenvalue weighted by molar-refractivity contribution is 0.822. The minimum atomic E-state index is 0.0999. The smallest absolute Gasteiger partial charge is 0.243 e. The Hall–Kier alpha value is -1.63. The van der Waals surface area contributed by atoms with E-state index in [1.54, 1.807) is 0 Å². The van der Waals surface area contributed by atoms with E-state index in [1.807, 2.05) is 6.92 Å². The lowest BCUT2D eigenvalue weighted by atomic mass is 10.8. The molecule has 7 heteroatoms. The van der Waals surface area contributed by atoms with E-state index in [0.717, 1.165) is 6.54 Å². The number of hydrogen-bond donors (Lipinski definition) is 4. The maximum absolute atomic E-state index is 5.32. The summed E-state index contributed by atoms with van der Waals surface area (Å²) in [5.74, 6) is 0.521. The van der Waals surface area contributed by atoms with Crippen LogP contribution in [0.5, 0.6) is 0 Å². The van der Waals surface area contributed by atoms with Crippen molar-refractivity contribution in [1.29, 1.82) is 0 Å². The molecule has 0 unspecified atom stereocenters. The van der Waals surface area contributed by atoms with E-state index in [0.29, 0.717) is 5.95 Å². The molecule has 1 rings (SSSR count). The molecule has 0 aliphatic heterocycles. The van der Waals surface area contributed by atoms with Crippen molar-refractivity contribution in [3.63, 3.8) is 0 Å². The molecule has 12 heavy (non-hydrogen) atoms. The van der Waals surface area contributed by atoms with Crippen molar-refractivity contribution in [2.24, 2.45) is 0 Å². The van der Waals surface area contributed by atoms with E-state index in [4.69, 9.17) is 11.5 Å². The summed E-state index contributed by atoms with van der Waals surface area (Å²) in [4.78, 5) is 11.2. The molecule has 66 valence electrons. The largest absolute Gasteiger partial charge is 0.368 e. The lowest BCUT2D eigenvalue weighted by Crippen LogP contribution is -2.23. The number of rotatable bonds is 3. The summed E-state index contributed by atoms with van der Waals surface area (Å²) in [6.07, 6.45) is 0. The first-order valence-electron chi connectivity index (χ1n) is 3.48. The van der Waals surface area contributed by atoms with Crippen molar-refractivity contribution in [3.8, 4) is 0 Å². The van der Waals surface area contributed by atoms with Crippen LogP contribution in [0.1, 0.15) is 6.92 Å². The molecule has 0 aliphatic rings. The van der Waals surface area contributed by atoms with Gasteiger partial charge in [0.2, 0.25) is 17.8 Å². The Kier molecular flexibility index (Phi) is 2.59. The standard InChI is InChI=1S/C5H11N7/c1-2-8-12-5-10-3(6)9-4(7)11-5/h8H,2H2,1H3,(H5,6,7,9,10,11,12). The molecule has 0 amide bonds. The SMILES string of the molecule is CCNNc1nc(N)nc(N)n1. The number of hydrogen-bond acceptors (Lipinski definition) is 7. The van der Waals surface area contributed by atoms with E-state index in [2.05, 4.69) is 25.8 Å². The second kappa shape index (κ2) is 3.67. The highest BCUT2D eigenvalue weighted by Gasteiger charge is 1.98. The molecule has 1 aromatic rings. The second-order valence-electron chi connectivity index (χ2n) is 2.03. The maximum atomic E-state index is 5.32. The van der Waals surface area contributed by atoms with Crippen molar-refractivity contribution in [2.75, 3.05) is 23.4 Å². The molecule has 0 atom stereocenters. The summed E-state index contributed by atoms with van der Waals surface area (Å²) in [5.41, 5.74) is 16.2. The Morgan fingerprint density at radius 1 is 1.17 bits per heavy atom. The van der Waals surface area contributed by atoms with E-state index >= 15 is 0 Å². The number of anilines is 3. The van der Waals surface area contributed by atoms with Gasteiger partial charge < -0.3 is 11.5 Å². The molecule has 0 fully saturated rings. The maximum Gasteiger partial charge on any atom is 0.243 e. The molecular formula is C5H11N7. The van der Waals surface area contributed by atoms with Crippen LogP contribution in [0, 0.1) is 0 Å². The first-order chi connectivity index (χ1) is 5.72. The molecule has 1 heterocycles. The molecular weight excluding hydrogens is 158 g/mol. The fraction of sp³-hybridized carbons (Fsp3) is 0.400. The second-order valence-corrected chi connectivity index (χ2v) is 2.03. The molecule has 0 saturated heterocycles. The number of hydrazine groups is 1. The first-order valence-corrected chi connectivity index (χ1v) is 3.48. The number of aromatic nitrogens is 3. The number of nitrogen functional groups attached to an aromatic ring is 2. The highest BCUT2D eigenvalue weighted by atomic mass is 15.4. The van der Waals surface area contributed by atoms with Crippen molar-refractivity contribution in [2.45, 2.75) is 6.92 Å². The minimum absolute atomic E-state index is 0.0999. The summed E-state index contributed by atoms with van der Waals surface area (Å²) in [7, 11) is 0. The van der Waals surface area contributed by atoms with E-state index < -0.39 is 0 Å². The zero-order chi connectivity index (χ0) is 8.97. The van der Waals surface area contributed by atoms with Crippen molar-refractivity contribution >= 4 is 17.8 Å². The van der Waals surface area contributed by atoms with Crippen molar-refractivity contribution in [3.05, 3.63) is 0 Å². The summed E-state index contributed by atoms with van der Waals surface area (Å²) in [6.45, 7) is 2.67. The molecule has 1 aromatic heterocycles. The number of nitrogens with two attached hydrogens (primary N) is 2. The quantitative estimate of drug-likeness (QED) is 0.428. The Balaban J connectivity index is 2.72. The fourth-order valence-electron chi connectivity index (χ4n) is 0.633. The molecule has 0 aliphatic carbocycles. The highest BCUT2D eigenvalue weighted by molar-refractivity contribution is 5.36. The van der Waals surface area contributed by atoms with Crippen LogP contribution in [0.25, 0.3) is 0 Å². The fourth-order valence-corrected chi connectivity index (χ4v) is 0.633. The van der Waals surface area contributed by atoms with Crippen LogP contribution in [0.15, 0.2) is 0 Å². The van der Waals surface area contributed by atoms with Gasteiger partial charge >= 0.3 is 0 Å². The van der Waals surface area contributed by atoms with E-state index in [-0.39, 0.29) is 11.9 Å². The average molecular weight is 169 g/mol. The molecule has 0 radical (unpaired) electrons. The monoisotopic (exact) mass is 169 g/mol. The average Bonchev–Trinajstić information content (AvgIpc) is 1.99. The van der Waals surface area contributed by atoms with Gasteiger partial charge in [-0.15, -0.1) is 0 Å². The lowest BCUT2D eigenvalue weighted by Gasteiger charge is -2.04. The Morgan fingerprint density at radius 2 is 1.75 bits per heavy atom. The molecule has 0 bridgehead atoms. The Bertz CT molecular complexity index is 240. The van der Waals surface area contributed by atoms with Crippen LogP contribution in [0.4, 0.5) is 17.8 Å². The van der Waals surface area contributed by atoms with Gasteiger partial charge in [0, 0.05) is 6.54 Å². The molecule has 0 spiro atoms. The topological polar surface area (TPSA) is 115 Å². The zero-order valence-electron chi connectivity index (χ0n) is 6.70. The van der Waals surface area contributed by atoms with Gasteiger partial charge in [-0.25, -0.2) is 5.43 Å². The highest BCUT2D eigenvalue weighted by Crippen LogP contribution is 2.01. The Morgan fingerprint density at radius 3 is 2.25 bits per heavy atom. The van der Waals surface area contributed by atoms with Crippen LogP contribution in [0.3, 0.4) is 0 Å². The van der Waals surface area contributed by atoms with Gasteiger partial charge in [-0.05, 0) is 0 Å². The molecule has 6 N–H and O–H groups in total. The third kappa shape index (κ3) is 2.20. The molecule has 0 saturated carbocycles. The minimum Gasteiger partial charge on any atom is -0.368 e. The molecule has 7 nitrogen and oxygen atoms in total.